The van der Waals surface area contributed by atoms with Crippen LogP contribution in [-0.2, 0) is 0 Å². The molecule has 0 aliphatic rings. The van der Waals surface area contributed by atoms with Crippen LogP contribution in [0.3, 0.4) is 0 Å². The molecule has 0 N–H and O–H groups in total. The van der Waals surface area contributed by atoms with Gasteiger partial charge in [0, 0.05) is 0 Å². The molecule has 0 saturated carbocycles. The lowest BCUT2D eigenvalue weighted by Gasteiger charge is -2.14. The fraction of sp³-hybridized carbons (Fsp3) is 0.250. The first-order valence-electron chi connectivity index (χ1n) is 3.93. The Morgan fingerprint density at radius 3 is 2.41 bits per heavy atom. The maximum atomic E-state index is 12.6. The molecule has 0 amide bonds. The van der Waals surface area contributed by atoms with Crippen LogP contribution < -0.4 is 4.74 Å². The van der Waals surface area contributed by atoms with Gasteiger partial charge >= 0.3 is 6.36 Å². The minimum absolute atomic E-state index is 0.0260. The molecule has 0 radical (unpaired) electrons. The van der Waals surface area contributed by atoms with Crippen molar-refractivity contribution in [1.82, 2.24) is 4.98 Å². The summed E-state index contributed by atoms with van der Waals surface area (Å²) in [6, 6.07) is 0. The SMILES string of the molecule is O=Cc1c(Br)ncc(OC(F)(F)F)c1C(F)F. The van der Waals surface area contributed by atoms with E-state index in [9.17, 15) is 26.7 Å². The molecule has 0 spiro atoms. The molecule has 94 valence electrons. The van der Waals surface area contributed by atoms with Crippen molar-refractivity contribution in [3.8, 4) is 5.75 Å². The van der Waals surface area contributed by atoms with Crippen molar-refractivity contribution in [3.63, 3.8) is 0 Å². The van der Waals surface area contributed by atoms with E-state index in [1.807, 2.05) is 0 Å². The van der Waals surface area contributed by atoms with Crippen molar-refractivity contribution in [2.45, 2.75) is 12.8 Å². The molecule has 17 heavy (non-hydrogen) atoms. The molecular weight excluding hydrogens is 317 g/mol. The maximum absolute atomic E-state index is 12.6. The van der Waals surface area contributed by atoms with Crippen molar-refractivity contribution in [1.29, 1.82) is 0 Å². The molecule has 1 aromatic rings. The van der Waals surface area contributed by atoms with Crippen LogP contribution in [0.5, 0.6) is 5.75 Å². The first-order valence-corrected chi connectivity index (χ1v) is 4.73. The highest BCUT2D eigenvalue weighted by Crippen LogP contribution is 2.36. The summed E-state index contributed by atoms with van der Waals surface area (Å²) in [4.78, 5) is 13.8. The molecule has 3 nitrogen and oxygen atoms in total. The molecule has 0 aliphatic carbocycles. The number of carbonyl (C=O) groups is 1. The van der Waals surface area contributed by atoms with Gasteiger partial charge in [-0.3, -0.25) is 4.79 Å². The van der Waals surface area contributed by atoms with Crippen LogP contribution in [0.1, 0.15) is 22.3 Å². The Bertz CT molecular complexity index is 435. The van der Waals surface area contributed by atoms with Crippen LogP contribution in [-0.4, -0.2) is 17.6 Å². The molecule has 0 aliphatic heterocycles. The largest absolute Gasteiger partial charge is 0.573 e. The number of pyridine rings is 1. The summed E-state index contributed by atoms with van der Waals surface area (Å²) in [5, 5.41) is 0. The van der Waals surface area contributed by atoms with E-state index in [2.05, 4.69) is 25.7 Å². The van der Waals surface area contributed by atoms with Crippen molar-refractivity contribution >= 4 is 22.2 Å². The molecule has 1 rings (SSSR count). The van der Waals surface area contributed by atoms with E-state index >= 15 is 0 Å². The van der Waals surface area contributed by atoms with Gasteiger partial charge in [0.1, 0.15) is 4.60 Å². The normalized spacial score (nSPS) is 11.7. The lowest BCUT2D eigenvalue weighted by Crippen LogP contribution is -2.19. The zero-order valence-electron chi connectivity index (χ0n) is 7.76. The van der Waals surface area contributed by atoms with Gasteiger partial charge in [0.25, 0.3) is 6.43 Å². The summed E-state index contributed by atoms with van der Waals surface area (Å²) < 4.78 is 64.0. The Hall–Kier alpha value is -1.25. The van der Waals surface area contributed by atoms with E-state index in [0.29, 0.717) is 6.20 Å². The van der Waals surface area contributed by atoms with Crippen LogP contribution in [0.4, 0.5) is 22.0 Å². The van der Waals surface area contributed by atoms with Gasteiger partial charge in [-0.15, -0.1) is 13.2 Å². The van der Waals surface area contributed by atoms with E-state index in [1.54, 1.807) is 0 Å². The Balaban J connectivity index is 3.35. The number of alkyl halides is 5. The van der Waals surface area contributed by atoms with Crippen LogP contribution in [0.25, 0.3) is 0 Å². The first kappa shape index (κ1) is 13.8. The third kappa shape index (κ3) is 3.35. The van der Waals surface area contributed by atoms with Gasteiger partial charge in [-0.05, 0) is 15.9 Å². The molecular formula is C8H3BrF5NO2. The predicted molar refractivity (Wildman–Crippen MR) is 49.0 cm³/mol. The Morgan fingerprint density at radius 1 is 1.41 bits per heavy atom. The fourth-order valence-electron chi connectivity index (χ4n) is 1.04. The molecule has 0 unspecified atom stereocenters. The molecule has 0 saturated heterocycles. The highest BCUT2D eigenvalue weighted by molar-refractivity contribution is 9.10. The number of aldehydes is 1. The maximum Gasteiger partial charge on any atom is 0.573 e. The standard InChI is InChI=1S/C8H3BrF5NO2/c9-6-3(2-16)5(7(10)11)4(1-15-6)17-8(12,13)14/h1-2,7H. The van der Waals surface area contributed by atoms with Gasteiger partial charge in [-0.25, -0.2) is 13.8 Å². The summed E-state index contributed by atoms with van der Waals surface area (Å²) >= 11 is 2.68. The summed E-state index contributed by atoms with van der Waals surface area (Å²) in [5.41, 5.74) is -1.83. The molecule has 1 heterocycles. The van der Waals surface area contributed by atoms with E-state index < -0.39 is 29.7 Å². The third-order valence-electron chi connectivity index (χ3n) is 1.63. The van der Waals surface area contributed by atoms with Gasteiger partial charge in [-0.2, -0.15) is 0 Å². The van der Waals surface area contributed by atoms with Gasteiger partial charge in [0.05, 0.1) is 17.3 Å². The number of carbonyl (C=O) groups excluding carboxylic acids is 1. The zero-order chi connectivity index (χ0) is 13.2. The van der Waals surface area contributed by atoms with E-state index in [0.717, 1.165) is 0 Å². The number of hydrogen-bond acceptors (Lipinski definition) is 3. The lowest BCUT2D eigenvalue weighted by molar-refractivity contribution is -0.275. The molecule has 9 heteroatoms. The van der Waals surface area contributed by atoms with Crippen LogP contribution in [0.15, 0.2) is 10.8 Å². The van der Waals surface area contributed by atoms with Crippen molar-refractivity contribution in [2.75, 3.05) is 0 Å². The molecule has 0 bridgehead atoms. The van der Waals surface area contributed by atoms with E-state index in [1.165, 1.54) is 0 Å². The minimum atomic E-state index is -5.14. The summed E-state index contributed by atoms with van der Waals surface area (Å²) in [7, 11) is 0. The first-order chi connectivity index (χ1) is 7.76. The Morgan fingerprint density at radius 2 is 2.00 bits per heavy atom. The van der Waals surface area contributed by atoms with Crippen LogP contribution >= 0.6 is 15.9 Å². The summed E-state index contributed by atoms with van der Waals surface area (Å²) in [6.07, 6.45) is -8.00. The second-order valence-electron chi connectivity index (χ2n) is 2.71. The second kappa shape index (κ2) is 4.94. The van der Waals surface area contributed by atoms with Crippen LogP contribution in [0, 0.1) is 0 Å². The topological polar surface area (TPSA) is 39.2 Å². The lowest BCUT2D eigenvalue weighted by atomic mass is 10.1. The van der Waals surface area contributed by atoms with Gasteiger partial charge in [0.2, 0.25) is 0 Å². The molecule has 0 aromatic carbocycles. The zero-order valence-corrected chi connectivity index (χ0v) is 9.35. The van der Waals surface area contributed by atoms with Gasteiger partial charge in [0.15, 0.2) is 12.0 Å². The molecule has 1 aromatic heterocycles. The molecule has 0 atom stereocenters. The average Bonchev–Trinajstić information content (AvgIpc) is 2.17. The number of halogens is 6. The Kier molecular flexibility index (Phi) is 4.02. The van der Waals surface area contributed by atoms with Gasteiger partial charge in [-0.1, -0.05) is 0 Å². The van der Waals surface area contributed by atoms with Crippen molar-refractivity contribution in [2.24, 2.45) is 0 Å². The van der Waals surface area contributed by atoms with Crippen molar-refractivity contribution < 1.29 is 31.5 Å². The number of rotatable bonds is 3. The monoisotopic (exact) mass is 319 g/mol. The van der Waals surface area contributed by atoms with E-state index in [4.69, 9.17) is 0 Å². The third-order valence-corrected chi connectivity index (χ3v) is 2.27. The number of hydrogen-bond donors (Lipinski definition) is 0. The fourth-order valence-corrected chi connectivity index (χ4v) is 1.45. The van der Waals surface area contributed by atoms with Crippen molar-refractivity contribution in [3.05, 3.63) is 21.9 Å². The number of nitrogens with zero attached hydrogens (tertiary/aromatic N) is 1. The predicted octanol–water partition coefficient (Wildman–Crippen LogP) is 3.49. The average molecular weight is 320 g/mol. The summed E-state index contributed by atoms with van der Waals surface area (Å²) in [6.45, 7) is 0. The van der Waals surface area contributed by atoms with Gasteiger partial charge < -0.3 is 4.74 Å². The second-order valence-corrected chi connectivity index (χ2v) is 3.46. The summed E-state index contributed by atoms with van der Waals surface area (Å²) in [5.74, 6) is -1.20. The molecule has 0 fully saturated rings. The smallest absolute Gasteiger partial charge is 0.404 e. The highest BCUT2D eigenvalue weighted by Gasteiger charge is 2.34. The van der Waals surface area contributed by atoms with Crippen LogP contribution in [0.2, 0.25) is 0 Å². The number of ether oxygens (including phenoxy) is 1. The quantitative estimate of drug-likeness (QED) is 0.486. The van der Waals surface area contributed by atoms with E-state index in [-0.39, 0.29) is 10.9 Å². The highest BCUT2D eigenvalue weighted by atomic mass is 79.9. The number of aromatic nitrogens is 1. The minimum Gasteiger partial charge on any atom is -0.404 e. The Labute approximate surface area is 99.7 Å².